The van der Waals surface area contributed by atoms with Crippen LogP contribution in [0.2, 0.25) is 0 Å². The molecule has 3 aromatic rings. The van der Waals surface area contributed by atoms with Crippen LogP contribution in [-0.2, 0) is 19.1 Å². The summed E-state index contributed by atoms with van der Waals surface area (Å²) in [6.45, 7) is 9.16. The summed E-state index contributed by atoms with van der Waals surface area (Å²) in [7, 11) is 0. The summed E-state index contributed by atoms with van der Waals surface area (Å²) in [5.41, 5.74) is 2.86. The fraction of sp³-hybridized carbons (Fsp3) is 0.423. The van der Waals surface area contributed by atoms with Crippen molar-refractivity contribution in [3.63, 3.8) is 0 Å². The molecular formula is C26H34N6O4. The second kappa shape index (κ2) is 10.8. The summed E-state index contributed by atoms with van der Waals surface area (Å²) in [6, 6.07) is 7.91. The van der Waals surface area contributed by atoms with Gasteiger partial charge in [0.05, 0.1) is 30.6 Å². The quantitative estimate of drug-likeness (QED) is 0.482. The van der Waals surface area contributed by atoms with Gasteiger partial charge in [0.15, 0.2) is 0 Å². The summed E-state index contributed by atoms with van der Waals surface area (Å²) in [5, 5.41) is 3.63. The number of hydrogen-bond acceptors (Lipinski definition) is 7. The van der Waals surface area contributed by atoms with E-state index in [-0.39, 0.29) is 38.2 Å². The highest BCUT2D eigenvalue weighted by Gasteiger charge is 2.31. The highest BCUT2D eigenvalue weighted by molar-refractivity contribution is 5.98. The number of aromatic nitrogens is 3. The van der Waals surface area contributed by atoms with E-state index in [1.165, 1.54) is 0 Å². The van der Waals surface area contributed by atoms with E-state index in [0.717, 1.165) is 22.5 Å². The number of nitrogens with zero attached hydrogens (tertiary/aromatic N) is 4. The highest BCUT2D eigenvalue weighted by atomic mass is 16.5. The van der Waals surface area contributed by atoms with Crippen LogP contribution >= 0.6 is 0 Å². The van der Waals surface area contributed by atoms with Crippen LogP contribution in [0.15, 0.2) is 36.7 Å². The molecule has 0 aliphatic carbocycles. The molecule has 0 bridgehead atoms. The zero-order valence-corrected chi connectivity index (χ0v) is 21.1. The molecule has 2 N–H and O–H groups in total. The molecule has 0 saturated carbocycles. The Morgan fingerprint density at radius 3 is 2.64 bits per heavy atom. The largest absolute Gasteiger partial charge is 0.466 e. The third-order valence-electron chi connectivity index (χ3n) is 6.29. The molecule has 1 saturated heterocycles. The predicted octanol–water partition coefficient (Wildman–Crippen LogP) is 3.60. The Hall–Kier alpha value is -3.95. The second-order valence-electron chi connectivity index (χ2n) is 9.09. The number of aromatic amines is 1. The minimum Gasteiger partial charge on any atom is -0.466 e. The first-order chi connectivity index (χ1) is 17.3. The minimum absolute atomic E-state index is 0. The Morgan fingerprint density at radius 1 is 1.19 bits per heavy atom. The van der Waals surface area contributed by atoms with Crippen molar-refractivity contribution in [2.75, 3.05) is 29.9 Å². The van der Waals surface area contributed by atoms with Gasteiger partial charge in [-0.3, -0.25) is 14.4 Å². The van der Waals surface area contributed by atoms with Crippen molar-refractivity contribution >= 4 is 40.3 Å². The summed E-state index contributed by atoms with van der Waals surface area (Å²) in [4.78, 5) is 52.5. The molecule has 3 aromatic heterocycles. The molecule has 36 heavy (non-hydrogen) atoms. The van der Waals surface area contributed by atoms with Crippen LogP contribution in [0, 0.1) is 0 Å². The lowest BCUT2D eigenvalue weighted by Crippen LogP contribution is -2.58. The maximum absolute atomic E-state index is 12.3. The van der Waals surface area contributed by atoms with E-state index >= 15 is 0 Å². The highest BCUT2D eigenvalue weighted by Crippen LogP contribution is 2.30. The van der Waals surface area contributed by atoms with Gasteiger partial charge in [0.25, 0.3) is 0 Å². The van der Waals surface area contributed by atoms with Gasteiger partial charge in [-0.1, -0.05) is 6.07 Å². The third kappa shape index (κ3) is 5.48. The van der Waals surface area contributed by atoms with Crippen molar-refractivity contribution in [3.05, 3.63) is 36.7 Å². The molecular weight excluding hydrogens is 460 g/mol. The number of esters is 1. The Kier molecular flexibility index (Phi) is 7.52. The fourth-order valence-electron chi connectivity index (χ4n) is 4.84. The van der Waals surface area contributed by atoms with Gasteiger partial charge in [0, 0.05) is 57.1 Å². The smallest absolute Gasteiger partial charge is 0.306 e. The van der Waals surface area contributed by atoms with Crippen LogP contribution in [0.5, 0.6) is 0 Å². The maximum atomic E-state index is 12.3. The van der Waals surface area contributed by atoms with Crippen LogP contribution in [0.4, 0.5) is 11.5 Å². The average molecular weight is 495 g/mol. The molecule has 1 fully saturated rings. The lowest BCUT2D eigenvalue weighted by atomic mass is 10.1. The summed E-state index contributed by atoms with van der Waals surface area (Å²) < 4.78 is 4.87. The molecule has 2 amide bonds. The molecule has 0 radical (unpaired) electrons. The van der Waals surface area contributed by atoms with Crippen molar-refractivity contribution in [1.29, 1.82) is 0 Å². The molecule has 1 aliphatic heterocycles. The SMILES string of the molecule is CCOC(=O)CCC(=O)Nc1cnc2[nH]cc(-c3cccc(N4C[C@@H](C)N(C(C)=O)[C@@H](C)C4)n3)c2c1.[HH]. The van der Waals surface area contributed by atoms with Crippen LogP contribution in [0.25, 0.3) is 22.3 Å². The molecule has 10 heteroatoms. The molecule has 1 aliphatic rings. The van der Waals surface area contributed by atoms with Crippen LogP contribution in [-0.4, -0.2) is 69.4 Å². The van der Waals surface area contributed by atoms with Gasteiger partial charge in [-0.15, -0.1) is 0 Å². The third-order valence-corrected chi connectivity index (χ3v) is 6.29. The normalized spacial score (nSPS) is 17.8. The number of H-pyrrole nitrogens is 1. The topological polar surface area (TPSA) is 121 Å². The molecule has 0 unspecified atom stereocenters. The Bertz CT molecular complexity index is 1270. The lowest BCUT2D eigenvalue weighted by Gasteiger charge is -2.44. The van der Waals surface area contributed by atoms with Crippen molar-refractivity contribution in [1.82, 2.24) is 19.9 Å². The van der Waals surface area contributed by atoms with E-state index in [4.69, 9.17) is 9.72 Å². The first kappa shape index (κ1) is 25.2. The number of hydrogen-bond donors (Lipinski definition) is 2. The predicted molar refractivity (Wildman–Crippen MR) is 140 cm³/mol. The number of amides is 2. The number of piperazine rings is 1. The van der Waals surface area contributed by atoms with Crippen LogP contribution in [0.3, 0.4) is 0 Å². The van der Waals surface area contributed by atoms with Gasteiger partial charge in [-0.05, 0) is 39.0 Å². The van der Waals surface area contributed by atoms with Gasteiger partial charge in [-0.2, -0.15) is 0 Å². The van der Waals surface area contributed by atoms with Gasteiger partial charge >= 0.3 is 5.97 Å². The number of rotatable bonds is 7. The van der Waals surface area contributed by atoms with Gasteiger partial charge in [0.1, 0.15) is 11.5 Å². The summed E-state index contributed by atoms with van der Waals surface area (Å²) in [5.74, 6) is 0.257. The first-order valence-electron chi connectivity index (χ1n) is 12.2. The summed E-state index contributed by atoms with van der Waals surface area (Å²) >= 11 is 0. The monoisotopic (exact) mass is 494 g/mol. The van der Waals surface area contributed by atoms with E-state index in [0.29, 0.717) is 31.0 Å². The Morgan fingerprint density at radius 2 is 1.94 bits per heavy atom. The van der Waals surface area contributed by atoms with E-state index in [1.807, 2.05) is 35.4 Å². The van der Waals surface area contributed by atoms with E-state index in [1.54, 1.807) is 20.0 Å². The number of nitrogens with one attached hydrogen (secondary N) is 2. The second-order valence-corrected chi connectivity index (χ2v) is 9.09. The van der Waals surface area contributed by atoms with E-state index < -0.39 is 5.97 Å². The number of fused-ring (bicyclic) bond motifs is 1. The number of anilines is 2. The Balaban J connectivity index is 0.00000380. The van der Waals surface area contributed by atoms with Gasteiger partial charge < -0.3 is 24.8 Å². The minimum atomic E-state index is -0.397. The molecule has 4 heterocycles. The standard InChI is InChI=1S/C26H32N6O4.H2/c1-5-36-25(35)10-9-24(34)29-19-11-20-21(13-28-26(20)27-12-19)22-7-6-8-23(30-22)31-14-16(2)32(18(4)33)17(3)15-31;/h6-8,11-13,16-17H,5,9-10,14-15H2,1-4H3,(H,27,28)(H,29,34);1H/t16-,17+;. The van der Waals surface area contributed by atoms with Crippen LogP contribution in [0.1, 0.15) is 42.0 Å². The number of pyridine rings is 2. The fourth-order valence-corrected chi connectivity index (χ4v) is 4.84. The van der Waals surface area contributed by atoms with Crippen LogP contribution < -0.4 is 10.2 Å². The van der Waals surface area contributed by atoms with Gasteiger partial charge in [-0.25, -0.2) is 9.97 Å². The zero-order valence-electron chi connectivity index (χ0n) is 21.1. The molecule has 0 aromatic carbocycles. The number of carbonyl (C=O) groups excluding carboxylic acids is 3. The number of carbonyl (C=O) groups is 3. The van der Waals surface area contributed by atoms with E-state index in [9.17, 15) is 14.4 Å². The van der Waals surface area contributed by atoms with Gasteiger partial charge in [0.2, 0.25) is 11.8 Å². The Labute approximate surface area is 211 Å². The summed E-state index contributed by atoms with van der Waals surface area (Å²) in [6.07, 6.45) is 3.49. The first-order valence-corrected chi connectivity index (χ1v) is 12.2. The molecule has 4 rings (SSSR count). The molecule has 192 valence electrons. The molecule has 0 spiro atoms. The molecule has 10 nitrogen and oxygen atoms in total. The average Bonchev–Trinajstić information content (AvgIpc) is 3.25. The van der Waals surface area contributed by atoms with Crippen molar-refractivity contribution < 1.29 is 20.5 Å². The zero-order chi connectivity index (χ0) is 25.8. The van der Waals surface area contributed by atoms with Crippen molar-refractivity contribution in [2.24, 2.45) is 0 Å². The van der Waals surface area contributed by atoms with Crippen molar-refractivity contribution in [2.45, 2.75) is 52.6 Å². The maximum Gasteiger partial charge on any atom is 0.306 e. The van der Waals surface area contributed by atoms with Crippen molar-refractivity contribution in [3.8, 4) is 11.3 Å². The van der Waals surface area contributed by atoms with E-state index in [2.05, 4.69) is 34.0 Å². The molecule has 2 atom stereocenters. The lowest BCUT2D eigenvalue weighted by molar-refractivity contribution is -0.144. The number of ether oxygens (including phenoxy) is 1.